The first kappa shape index (κ1) is 48.0. The van der Waals surface area contributed by atoms with Crippen molar-refractivity contribution in [1.29, 1.82) is 0 Å². The zero-order valence-corrected chi connectivity index (χ0v) is 45.9. The topological polar surface area (TPSA) is 14.8 Å². The van der Waals surface area contributed by atoms with Gasteiger partial charge in [-0.15, -0.1) is 11.5 Å². The van der Waals surface area contributed by atoms with Crippen molar-refractivity contribution in [2.75, 3.05) is 10.7 Å². The normalized spacial score (nSPS) is 12.1. The molecule has 6 aromatic carbocycles. The predicted molar refractivity (Wildman–Crippen MR) is 283 cm³/mol. The summed E-state index contributed by atoms with van der Waals surface area (Å²) in [6, 6.07) is 44.3. The summed E-state index contributed by atoms with van der Waals surface area (Å²) in [5.41, 5.74) is 13.3. The average molecular weight is 1100 g/mol. The van der Waals surface area contributed by atoms with E-state index >= 15 is 0 Å². The van der Waals surface area contributed by atoms with Crippen LogP contribution in [-0.2, 0) is 36.9 Å². The molecule has 3 heterocycles. The van der Waals surface area contributed by atoms with E-state index in [9.17, 15) is 0 Å². The van der Waals surface area contributed by atoms with Crippen LogP contribution in [0.25, 0.3) is 76.5 Å². The van der Waals surface area contributed by atoms with Gasteiger partial charge in [-0.3, -0.25) is 0 Å². The van der Waals surface area contributed by atoms with Crippen LogP contribution in [-0.4, -0.2) is 24.4 Å². The van der Waals surface area contributed by atoms with E-state index in [1.165, 1.54) is 145 Å². The number of rotatable bonds is 16. The summed E-state index contributed by atoms with van der Waals surface area (Å²) in [4.78, 5) is 0. The summed E-state index contributed by atoms with van der Waals surface area (Å²) >= 11 is 11.5. The van der Waals surface area contributed by atoms with Crippen molar-refractivity contribution >= 4 is 123 Å². The van der Waals surface area contributed by atoms with Crippen LogP contribution >= 0.6 is 57.5 Å². The molecule has 0 bridgehead atoms. The number of alkyl halides is 2. The summed E-state index contributed by atoms with van der Waals surface area (Å²) in [6.45, 7) is 12.3. The maximum atomic E-state index is 4.76. The number of hydrogen-bond donors (Lipinski definition) is 0. The minimum absolute atomic E-state index is 0.715. The third-order valence-corrected chi connectivity index (χ3v) is 14.4. The van der Waals surface area contributed by atoms with Crippen molar-refractivity contribution in [3.63, 3.8) is 0 Å². The first-order chi connectivity index (χ1) is 30.8. The molecule has 0 aliphatic carbocycles. The van der Waals surface area contributed by atoms with E-state index in [4.69, 9.17) is 9.69 Å². The monoisotopic (exact) mass is 1100 g/mol. The summed E-state index contributed by atoms with van der Waals surface area (Å²) in [5.74, 6) is 0.715. The van der Waals surface area contributed by atoms with Gasteiger partial charge in [-0.05, 0) is 129 Å². The molecule has 63 heavy (non-hydrogen) atoms. The van der Waals surface area contributed by atoms with Gasteiger partial charge in [0.1, 0.15) is 0 Å². The van der Waals surface area contributed by atoms with Gasteiger partial charge in [0.25, 0.3) is 0 Å². The van der Waals surface area contributed by atoms with Gasteiger partial charge in [-0.1, -0.05) is 134 Å². The molecule has 0 aliphatic rings. The second-order valence-electron chi connectivity index (χ2n) is 17.1. The molecule has 0 saturated carbocycles. The second kappa shape index (κ2) is 23.0. The average Bonchev–Trinajstić information content (AvgIpc) is 3.91. The Bertz CT molecular complexity index is 2940. The molecule has 9 aromatic rings. The Morgan fingerprint density at radius 1 is 0.540 bits per heavy atom. The quantitative estimate of drug-likeness (QED) is 0.0396. The van der Waals surface area contributed by atoms with Crippen LogP contribution < -0.4 is 0 Å². The van der Waals surface area contributed by atoms with Crippen molar-refractivity contribution in [3.8, 4) is 11.1 Å². The van der Waals surface area contributed by atoms with Crippen LogP contribution in [0.15, 0.2) is 114 Å². The standard InChI is InChI=1S/C39H45BrN2.C16H14Br2N.ClH.Zn/c1-5-7-11-29(6-2)26-42-38-17-13-28(4)23-33(38)35-25-31(15-19-39(35)42)30-14-18-37-34(24-30)32-22-27(3)12-16-36(32)41(37)21-10-8-9-20-40;17-9-3-4-10-19-15-6-2-1-5-13(15)14-11-12(18)7-8-16(14)19;;/h12-19,22-25,29H,5-11,20-21,26H2,1-4H3;2,5-8,11H,3-4,9-10H2;1H;/q;-1;;+2/p-1. The van der Waals surface area contributed by atoms with Crippen LogP contribution in [0, 0.1) is 25.8 Å². The third-order valence-electron chi connectivity index (χ3n) is 12.8. The number of aryl methyl sites for hydroxylation is 4. The molecule has 9 rings (SSSR count). The molecule has 0 N–H and O–H groups in total. The van der Waals surface area contributed by atoms with E-state index in [2.05, 4.69) is 198 Å². The van der Waals surface area contributed by atoms with Crippen molar-refractivity contribution < 1.29 is 17.3 Å². The second-order valence-corrected chi connectivity index (χ2v) is 19.6. The number of benzene rings is 6. The molecule has 0 spiro atoms. The van der Waals surface area contributed by atoms with Gasteiger partial charge in [-0.2, -0.15) is 18.2 Å². The summed E-state index contributed by atoms with van der Waals surface area (Å²) in [7, 11) is 4.76. The molecule has 0 amide bonds. The van der Waals surface area contributed by atoms with E-state index in [0.29, 0.717) is 5.92 Å². The molecule has 0 radical (unpaired) electrons. The SMILES string of the molecule is BrCCCCn1c2cc[c-]cc2c2cc(Br)ccc21.CCCCC(CC)Cn1c2ccc(C)cc2c2cc(-c3ccc4c(c3)c3cc(C)ccc3n4CCCCCBr)ccc21.[Cl][Zn+]. The number of fused-ring (bicyclic) bond motifs is 9. The van der Waals surface area contributed by atoms with E-state index in [-0.39, 0.29) is 0 Å². The van der Waals surface area contributed by atoms with Gasteiger partial charge in [0.05, 0.1) is 0 Å². The van der Waals surface area contributed by atoms with Gasteiger partial charge < -0.3 is 13.7 Å². The fourth-order valence-corrected chi connectivity index (χ4v) is 10.7. The van der Waals surface area contributed by atoms with Gasteiger partial charge in [0.15, 0.2) is 0 Å². The van der Waals surface area contributed by atoms with E-state index in [1.807, 2.05) is 6.07 Å². The molecular formula is C55H59Br3ClN3Zn. The molecule has 324 valence electrons. The Kier molecular flexibility index (Phi) is 17.5. The van der Waals surface area contributed by atoms with Crippen LogP contribution in [0.5, 0.6) is 0 Å². The van der Waals surface area contributed by atoms with Crippen molar-refractivity contribution in [3.05, 3.63) is 131 Å². The van der Waals surface area contributed by atoms with Gasteiger partial charge in [0.2, 0.25) is 0 Å². The fraction of sp³-hybridized carbons (Fsp3) is 0.345. The minimum atomic E-state index is 0.715. The number of hydrogen-bond acceptors (Lipinski definition) is 0. The van der Waals surface area contributed by atoms with Crippen molar-refractivity contribution in [2.24, 2.45) is 5.92 Å². The molecule has 3 aromatic heterocycles. The van der Waals surface area contributed by atoms with E-state index in [1.54, 1.807) is 0 Å². The number of aromatic nitrogens is 3. The Morgan fingerprint density at radius 3 is 1.57 bits per heavy atom. The van der Waals surface area contributed by atoms with Gasteiger partial charge in [0, 0.05) is 83.9 Å². The van der Waals surface area contributed by atoms with Crippen molar-refractivity contribution in [1.82, 2.24) is 13.7 Å². The Balaban J connectivity index is 0.000000236. The molecule has 1 atom stereocenters. The summed E-state index contributed by atoms with van der Waals surface area (Å²) in [6.07, 6.45) is 11.2. The van der Waals surface area contributed by atoms with Crippen LogP contribution in [0.1, 0.15) is 82.8 Å². The number of halogens is 4. The summed E-state index contributed by atoms with van der Waals surface area (Å²) in [5, 5.41) is 10.3. The van der Waals surface area contributed by atoms with E-state index < -0.39 is 0 Å². The maximum absolute atomic E-state index is 4.76. The Labute approximate surface area is 414 Å². The zero-order valence-electron chi connectivity index (χ0n) is 37.4. The molecule has 0 fully saturated rings. The first-order valence-electron chi connectivity index (χ1n) is 22.8. The molecule has 1 unspecified atom stereocenters. The zero-order chi connectivity index (χ0) is 44.5. The fourth-order valence-electron chi connectivity index (χ4n) is 9.52. The van der Waals surface area contributed by atoms with E-state index in [0.717, 1.165) is 52.1 Å². The van der Waals surface area contributed by atoms with Gasteiger partial charge in [-0.25, -0.2) is 0 Å². The predicted octanol–water partition coefficient (Wildman–Crippen LogP) is 18.2. The van der Waals surface area contributed by atoms with Crippen LogP contribution in [0.3, 0.4) is 0 Å². The molecule has 0 aliphatic heterocycles. The van der Waals surface area contributed by atoms with Crippen molar-refractivity contribution in [2.45, 2.75) is 105 Å². The summed E-state index contributed by atoms with van der Waals surface area (Å²) < 4.78 is 8.70. The molecule has 0 saturated heterocycles. The van der Waals surface area contributed by atoms with Gasteiger partial charge >= 0.3 is 27.0 Å². The molecular weight excluding hydrogens is 1040 g/mol. The van der Waals surface area contributed by atoms with Crippen LogP contribution in [0.4, 0.5) is 0 Å². The number of nitrogens with zero attached hydrogens (tertiary/aromatic N) is 3. The van der Waals surface area contributed by atoms with Crippen LogP contribution in [0.2, 0.25) is 0 Å². The third kappa shape index (κ3) is 10.7. The first-order valence-corrected chi connectivity index (χ1v) is 29.8. The number of unbranched alkanes of at least 4 members (excludes halogenated alkanes) is 4. The Hall–Kier alpha value is -2.93. The molecule has 3 nitrogen and oxygen atoms in total. The Morgan fingerprint density at radius 2 is 1.02 bits per heavy atom. The molecule has 8 heteroatoms.